The summed E-state index contributed by atoms with van der Waals surface area (Å²) in [7, 11) is 0. The number of hydrogen-bond acceptors (Lipinski definition) is 7. The lowest BCUT2D eigenvalue weighted by Crippen LogP contribution is -2.41. The van der Waals surface area contributed by atoms with Crippen molar-refractivity contribution in [2.75, 3.05) is 13.2 Å². The summed E-state index contributed by atoms with van der Waals surface area (Å²) in [6.45, 7) is 0.874. The molecule has 9 nitrogen and oxygen atoms in total. The molecule has 5 heterocycles. The van der Waals surface area contributed by atoms with Crippen molar-refractivity contribution in [3.05, 3.63) is 76.0 Å². The van der Waals surface area contributed by atoms with E-state index in [0.29, 0.717) is 15.6 Å². The molecule has 0 aliphatic carbocycles. The highest BCUT2D eigenvalue weighted by Crippen LogP contribution is 2.36. The second-order valence-electron chi connectivity index (χ2n) is 9.01. The van der Waals surface area contributed by atoms with Gasteiger partial charge in [-0.05, 0) is 30.9 Å². The summed E-state index contributed by atoms with van der Waals surface area (Å²) in [6, 6.07) is 11.3. The number of aromatic amines is 1. The minimum Gasteiger partial charge on any atom is -0.445 e. The lowest BCUT2D eigenvalue weighted by atomic mass is 10.0. The van der Waals surface area contributed by atoms with Crippen LogP contribution < -0.4 is 5.56 Å². The van der Waals surface area contributed by atoms with Crippen molar-refractivity contribution in [3.8, 4) is 10.4 Å². The van der Waals surface area contributed by atoms with E-state index >= 15 is 0 Å². The maximum atomic E-state index is 12.9. The van der Waals surface area contributed by atoms with E-state index in [1.165, 1.54) is 16.2 Å². The molecule has 6 rings (SSSR count). The largest absolute Gasteiger partial charge is 0.445 e. The Morgan fingerprint density at radius 1 is 1.19 bits per heavy atom. The van der Waals surface area contributed by atoms with E-state index < -0.39 is 6.09 Å². The van der Waals surface area contributed by atoms with E-state index in [2.05, 4.69) is 10.1 Å². The standard InChI is InChI=1S/C26H24N4O5S/c31-20-14-29(26(33)35-15-16-6-2-1-3-7-16)13-19-18-10-21(36-24(18)25(32)28-23(19)20)17-11-27-30(12-17)22-8-4-5-9-34-22/h1-3,6-7,10-12,22H,4-5,8-9,13-15H2,(H,28,32). The molecule has 0 saturated carbocycles. The number of ketones is 1. The molecule has 1 amide bonds. The fourth-order valence-electron chi connectivity index (χ4n) is 4.70. The molecule has 1 saturated heterocycles. The number of ether oxygens (including phenoxy) is 2. The molecular weight excluding hydrogens is 480 g/mol. The summed E-state index contributed by atoms with van der Waals surface area (Å²) in [5.74, 6) is -0.318. The number of thiophene rings is 1. The molecule has 3 aromatic heterocycles. The zero-order chi connectivity index (χ0) is 24.6. The van der Waals surface area contributed by atoms with Crippen LogP contribution in [0.5, 0.6) is 0 Å². The number of carbonyl (C=O) groups is 2. The molecule has 1 atom stereocenters. The Bertz CT molecular complexity index is 1500. The Morgan fingerprint density at radius 2 is 2.06 bits per heavy atom. The van der Waals surface area contributed by atoms with E-state index in [4.69, 9.17) is 9.47 Å². The third kappa shape index (κ3) is 4.22. The summed E-state index contributed by atoms with van der Waals surface area (Å²) in [6.07, 6.45) is 6.13. The maximum Gasteiger partial charge on any atom is 0.410 e. The topological polar surface area (TPSA) is 107 Å². The molecule has 0 spiro atoms. The molecule has 0 radical (unpaired) electrons. The van der Waals surface area contributed by atoms with Gasteiger partial charge in [-0.15, -0.1) is 11.3 Å². The van der Waals surface area contributed by atoms with E-state index in [0.717, 1.165) is 41.9 Å². The van der Waals surface area contributed by atoms with Crippen LogP contribution in [0.2, 0.25) is 0 Å². The fraction of sp³-hybridized carbons (Fsp3) is 0.308. The number of carbonyl (C=O) groups excluding carboxylic acids is 2. The zero-order valence-electron chi connectivity index (χ0n) is 19.4. The minimum atomic E-state index is -0.568. The predicted octanol–water partition coefficient (Wildman–Crippen LogP) is 4.49. The lowest BCUT2D eigenvalue weighted by molar-refractivity contribution is -0.0394. The number of nitrogens with zero attached hydrogens (tertiary/aromatic N) is 3. The Kier molecular flexibility index (Phi) is 5.90. The predicted molar refractivity (Wildman–Crippen MR) is 134 cm³/mol. The average molecular weight is 505 g/mol. The van der Waals surface area contributed by atoms with Crippen molar-refractivity contribution in [1.82, 2.24) is 19.7 Å². The number of pyridine rings is 1. The third-order valence-corrected chi connectivity index (χ3v) is 7.75. The number of nitrogens with one attached hydrogen (secondary N) is 1. The van der Waals surface area contributed by atoms with Crippen molar-refractivity contribution in [3.63, 3.8) is 0 Å². The van der Waals surface area contributed by atoms with Gasteiger partial charge in [-0.1, -0.05) is 30.3 Å². The number of Topliss-reactive ketones (excluding diaryl/α,β-unsaturated/α-hetero) is 1. The monoisotopic (exact) mass is 504 g/mol. The number of fused-ring (bicyclic) bond motifs is 3. The summed E-state index contributed by atoms with van der Waals surface area (Å²) >= 11 is 1.34. The van der Waals surface area contributed by atoms with Gasteiger partial charge in [0.15, 0.2) is 5.78 Å². The van der Waals surface area contributed by atoms with Crippen LogP contribution in [0.1, 0.15) is 47.1 Å². The number of H-pyrrole nitrogens is 1. The van der Waals surface area contributed by atoms with Gasteiger partial charge < -0.3 is 14.5 Å². The number of amides is 1. The van der Waals surface area contributed by atoms with E-state index in [1.807, 2.05) is 47.3 Å². The van der Waals surface area contributed by atoms with Crippen LogP contribution in [-0.2, 0) is 22.6 Å². The normalized spacial score (nSPS) is 17.8. The first-order valence-corrected chi connectivity index (χ1v) is 12.7. The number of hydrogen-bond donors (Lipinski definition) is 1. The summed E-state index contributed by atoms with van der Waals surface area (Å²) in [4.78, 5) is 43.5. The van der Waals surface area contributed by atoms with Gasteiger partial charge in [0.05, 0.1) is 25.0 Å². The SMILES string of the molecule is O=C1CN(C(=O)OCc2ccccc2)Cc2c1[nH]c(=O)c1sc(-c3cnn(C4CCCCO4)c3)cc21. The van der Waals surface area contributed by atoms with Crippen LogP contribution in [0.15, 0.2) is 53.6 Å². The highest BCUT2D eigenvalue weighted by molar-refractivity contribution is 7.22. The van der Waals surface area contributed by atoms with Crippen LogP contribution in [-0.4, -0.2) is 44.7 Å². The summed E-state index contributed by atoms with van der Waals surface area (Å²) in [5, 5.41) is 5.15. The fourth-order valence-corrected chi connectivity index (χ4v) is 5.76. The van der Waals surface area contributed by atoms with Gasteiger partial charge in [0.2, 0.25) is 0 Å². The van der Waals surface area contributed by atoms with Crippen LogP contribution in [0.25, 0.3) is 20.5 Å². The Hall–Kier alpha value is -3.76. The second kappa shape index (κ2) is 9.36. The minimum absolute atomic E-state index is 0.0777. The molecule has 4 aromatic rings. The zero-order valence-corrected chi connectivity index (χ0v) is 20.3. The van der Waals surface area contributed by atoms with Crippen LogP contribution in [0, 0.1) is 0 Å². The van der Waals surface area contributed by atoms with Gasteiger partial charge in [0.1, 0.15) is 17.5 Å². The summed E-state index contributed by atoms with van der Waals surface area (Å²) in [5.41, 5.74) is 2.32. The number of aromatic nitrogens is 3. The van der Waals surface area contributed by atoms with Crippen molar-refractivity contribution in [2.24, 2.45) is 0 Å². The quantitative estimate of drug-likeness (QED) is 0.439. The molecular formula is C26H24N4O5S. The van der Waals surface area contributed by atoms with E-state index in [9.17, 15) is 14.4 Å². The third-order valence-electron chi connectivity index (χ3n) is 6.57. The van der Waals surface area contributed by atoms with Crippen molar-refractivity contribution in [1.29, 1.82) is 0 Å². The highest BCUT2D eigenvalue weighted by atomic mass is 32.1. The Morgan fingerprint density at radius 3 is 2.86 bits per heavy atom. The van der Waals surface area contributed by atoms with Gasteiger partial charge >= 0.3 is 6.09 Å². The van der Waals surface area contributed by atoms with Gasteiger partial charge in [-0.2, -0.15) is 5.10 Å². The molecule has 1 fully saturated rings. The molecule has 36 heavy (non-hydrogen) atoms. The van der Waals surface area contributed by atoms with Crippen molar-refractivity contribution in [2.45, 2.75) is 38.6 Å². The first-order chi connectivity index (χ1) is 17.6. The molecule has 2 aliphatic rings. The molecule has 1 unspecified atom stereocenters. The Balaban J connectivity index is 1.28. The van der Waals surface area contributed by atoms with Crippen LogP contribution in [0.4, 0.5) is 4.79 Å². The van der Waals surface area contributed by atoms with Gasteiger partial charge in [-0.3, -0.25) is 14.5 Å². The Labute approximate surface area is 210 Å². The molecule has 1 aromatic carbocycles. The smallest absolute Gasteiger partial charge is 0.410 e. The molecule has 0 bridgehead atoms. The van der Waals surface area contributed by atoms with Gasteiger partial charge in [0, 0.05) is 34.2 Å². The summed E-state index contributed by atoms with van der Waals surface area (Å²) < 4.78 is 13.6. The van der Waals surface area contributed by atoms with E-state index in [-0.39, 0.29) is 43.0 Å². The van der Waals surface area contributed by atoms with Crippen molar-refractivity contribution < 1.29 is 19.1 Å². The van der Waals surface area contributed by atoms with Crippen LogP contribution >= 0.6 is 11.3 Å². The second-order valence-corrected chi connectivity index (χ2v) is 10.1. The first kappa shape index (κ1) is 22.7. The molecule has 184 valence electrons. The number of benzene rings is 1. The maximum absolute atomic E-state index is 12.9. The highest BCUT2D eigenvalue weighted by Gasteiger charge is 2.31. The van der Waals surface area contributed by atoms with E-state index in [1.54, 1.807) is 6.20 Å². The molecule has 2 aliphatic heterocycles. The average Bonchev–Trinajstić information content (AvgIpc) is 3.57. The molecule has 1 N–H and O–H groups in total. The van der Waals surface area contributed by atoms with Crippen LogP contribution in [0.3, 0.4) is 0 Å². The molecule has 10 heteroatoms. The van der Waals surface area contributed by atoms with Gasteiger partial charge in [0.25, 0.3) is 5.56 Å². The first-order valence-electron chi connectivity index (χ1n) is 11.9. The van der Waals surface area contributed by atoms with Crippen molar-refractivity contribution >= 4 is 33.3 Å². The van der Waals surface area contributed by atoms with Gasteiger partial charge in [-0.25, -0.2) is 9.48 Å². The lowest BCUT2D eigenvalue weighted by Gasteiger charge is -2.27. The number of rotatable bonds is 4.